The van der Waals surface area contributed by atoms with Gasteiger partial charge in [0.1, 0.15) is 0 Å². The SMILES string of the molecule is BN(S)BC(C)(C)C. The van der Waals surface area contributed by atoms with Crippen LogP contribution < -0.4 is 0 Å². The third-order valence-corrected chi connectivity index (χ3v) is 0.845. The third-order valence-electron chi connectivity index (χ3n) is 0.703. The molecule has 0 aromatic carbocycles. The number of nitrogens with zero attached hydrogens (tertiary/aromatic N) is 1. The van der Waals surface area contributed by atoms with E-state index in [2.05, 4.69) is 33.6 Å². The van der Waals surface area contributed by atoms with Gasteiger partial charge in [-0.15, -0.1) is 12.8 Å². The van der Waals surface area contributed by atoms with Gasteiger partial charge in [0.25, 0.3) is 0 Å². The van der Waals surface area contributed by atoms with Crippen LogP contribution in [0, 0.1) is 0 Å². The van der Waals surface area contributed by atoms with Crippen molar-refractivity contribution >= 4 is 28.2 Å². The topological polar surface area (TPSA) is 3.24 Å². The van der Waals surface area contributed by atoms with Gasteiger partial charge in [-0.2, -0.15) is 0 Å². The van der Waals surface area contributed by atoms with Crippen molar-refractivity contribution in [2.45, 2.75) is 26.1 Å². The zero-order chi connectivity index (χ0) is 6.78. The van der Waals surface area contributed by atoms with Crippen molar-refractivity contribution in [2.75, 3.05) is 0 Å². The Morgan fingerprint density at radius 3 is 1.88 bits per heavy atom. The van der Waals surface area contributed by atoms with Crippen LogP contribution in [0.3, 0.4) is 0 Å². The van der Waals surface area contributed by atoms with E-state index in [-0.39, 0.29) is 0 Å². The summed E-state index contributed by atoms with van der Waals surface area (Å²) in [5.41, 5.74) is 0. The summed E-state index contributed by atoms with van der Waals surface area (Å²) in [5, 5.41) is 0.372. The zero-order valence-electron chi connectivity index (χ0n) is 6.10. The fourth-order valence-corrected chi connectivity index (χ4v) is 1.11. The van der Waals surface area contributed by atoms with Crippen LogP contribution >= 0.6 is 12.8 Å². The molecule has 0 aromatic heterocycles. The van der Waals surface area contributed by atoms with Gasteiger partial charge in [0, 0.05) is 0 Å². The van der Waals surface area contributed by atoms with E-state index in [1.807, 2.05) is 12.1 Å². The van der Waals surface area contributed by atoms with E-state index >= 15 is 0 Å². The van der Waals surface area contributed by atoms with Crippen molar-refractivity contribution in [1.29, 1.82) is 0 Å². The number of hydrogen-bond donors (Lipinski definition) is 1. The summed E-state index contributed by atoms with van der Waals surface area (Å²) in [4.78, 5) is 0. The molecular weight excluding hydrogens is 116 g/mol. The summed E-state index contributed by atoms with van der Waals surface area (Å²) in [6.07, 6.45) is 0. The summed E-state index contributed by atoms with van der Waals surface area (Å²) >= 11 is 4.12. The molecule has 0 atom stereocenters. The molecule has 0 amide bonds. The van der Waals surface area contributed by atoms with Crippen LogP contribution in [0.25, 0.3) is 0 Å². The molecular formula is C4H13B2NS. The van der Waals surface area contributed by atoms with Crippen molar-refractivity contribution in [1.82, 2.24) is 4.13 Å². The standard InChI is InChI=1S/C4H13B2NS/c1-4(2,3)6-7(5)8/h6,8H,5H2,1-3H3. The summed E-state index contributed by atoms with van der Waals surface area (Å²) in [6, 6.07) is 0. The first-order valence-electron chi connectivity index (χ1n) is 2.82. The maximum absolute atomic E-state index is 4.12. The first-order chi connectivity index (χ1) is 3.42. The molecule has 0 heterocycles. The maximum atomic E-state index is 4.12. The molecule has 1 nitrogen and oxygen atoms in total. The van der Waals surface area contributed by atoms with Gasteiger partial charge in [-0.25, -0.2) is 0 Å². The van der Waals surface area contributed by atoms with E-state index < -0.39 is 0 Å². The third kappa shape index (κ3) is 6.44. The minimum Gasteiger partial charge on any atom is -0.340 e. The van der Waals surface area contributed by atoms with Crippen LogP contribution in [0.15, 0.2) is 0 Å². The van der Waals surface area contributed by atoms with Gasteiger partial charge in [-0.05, 0) is 5.31 Å². The Bertz CT molecular complexity index is 68.9. The van der Waals surface area contributed by atoms with Crippen molar-refractivity contribution in [3.8, 4) is 0 Å². The number of thiol groups is 1. The number of rotatable bonds is 1. The van der Waals surface area contributed by atoms with E-state index in [4.69, 9.17) is 0 Å². The lowest BCUT2D eigenvalue weighted by Gasteiger charge is -2.19. The van der Waals surface area contributed by atoms with E-state index in [1.165, 1.54) is 0 Å². The second kappa shape index (κ2) is 2.83. The molecule has 0 aliphatic carbocycles. The molecule has 4 heteroatoms. The van der Waals surface area contributed by atoms with Crippen LogP contribution in [-0.2, 0) is 0 Å². The Balaban J connectivity index is 3.39. The number of hydrogen-bond acceptors (Lipinski definition) is 2. The molecule has 0 aliphatic heterocycles. The molecule has 0 saturated carbocycles. The van der Waals surface area contributed by atoms with Crippen molar-refractivity contribution in [3.63, 3.8) is 0 Å². The Hall–Kier alpha value is 0.440. The lowest BCUT2D eigenvalue weighted by atomic mass is 9.63. The van der Waals surface area contributed by atoms with Gasteiger partial charge in [0.05, 0.1) is 0 Å². The van der Waals surface area contributed by atoms with Gasteiger partial charge in [0.15, 0.2) is 7.98 Å². The molecule has 0 spiro atoms. The molecule has 0 aromatic rings. The molecule has 0 aliphatic rings. The fourth-order valence-electron chi connectivity index (χ4n) is 0.686. The molecule has 0 saturated heterocycles. The predicted molar refractivity (Wildman–Crippen MR) is 46.2 cm³/mol. The highest BCUT2D eigenvalue weighted by molar-refractivity contribution is 7.79. The van der Waals surface area contributed by atoms with Gasteiger partial charge in [-0.1, -0.05) is 20.8 Å². The molecule has 0 N–H and O–H groups in total. The van der Waals surface area contributed by atoms with Crippen LogP contribution in [0.2, 0.25) is 5.31 Å². The fraction of sp³-hybridized carbons (Fsp3) is 1.00. The summed E-state index contributed by atoms with van der Waals surface area (Å²) < 4.78 is 1.90. The molecule has 0 radical (unpaired) electrons. The van der Waals surface area contributed by atoms with Crippen LogP contribution in [0.4, 0.5) is 0 Å². The zero-order valence-corrected chi connectivity index (χ0v) is 7.00. The Morgan fingerprint density at radius 2 is 1.88 bits per heavy atom. The Labute approximate surface area is 59.1 Å². The Morgan fingerprint density at radius 1 is 1.50 bits per heavy atom. The second-order valence-electron chi connectivity index (χ2n) is 3.38. The molecule has 46 valence electrons. The van der Waals surface area contributed by atoms with Gasteiger partial charge >= 0.3 is 0 Å². The van der Waals surface area contributed by atoms with Crippen LogP contribution in [0.5, 0.6) is 0 Å². The summed E-state index contributed by atoms with van der Waals surface area (Å²) in [6.45, 7) is 6.58. The Kier molecular flexibility index (Phi) is 2.99. The van der Waals surface area contributed by atoms with Gasteiger partial charge in [0.2, 0.25) is 7.41 Å². The van der Waals surface area contributed by atoms with Crippen molar-refractivity contribution in [2.24, 2.45) is 0 Å². The van der Waals surface area contributed by atoms with E-state index in [0.717, 1.165) is 7.41 Å². The highest BCUT2D eigenvalue weighted by Gasteiger charge is 2.13. The van der Waals surface area contributed by atoms with Crippen LogP contribution in [0.1, 0.15) is 20.8 Å². The monoisotopic (exact) mass is 129 g/mol. The smallest absolute Gasteiger partial charge is 0.207 e. The minimum absolute atomic E-state index is 0.372. The second-order valence-corrected chi connectivity index (χ2v) is 4.06. The van der Waals surface area contributed by atoms with Crippen molar-refractivity contribution in [3.05, 3.63) is 0 Å². The quantitative estimate of drug-likeness (QED) is 0.392. The van der Waals surface area contributed by atoms with Crippen molar-refractivity contribution < 1.29 is 0 Å². The minimum atomic E-state index is 0.372. The average molecular weight is 129 g/mol. The van der Waals surface area contributed by atoms with Gasteiger partial charge in [-0.3, -0.25) is 0 Å². The lowest BCUT2D eigenvalue weighted by molar-refractivity contribution is 0.732. The predicted octanol–water partition coefficient (Wildman–Crippen LogP) is 0.251. The first kappa shape index (κ1) is 8.44. The highest BCUT2D eigenvalue weighted by atomic mass is 32.1. The largest absolute Gasteiger partial charge is 0.340 e. The van der Waals surface area contributed by atoms with E-state index in [9.17, 15) is 0 Å². The van der Waals surface area contributed by atoms with E-state index in [1.54, 1.807) is 0 Å². The normalized spacial score (nSPS) is 12.1. The molecule has 0 bridgehead atoms. The molecule has 0 fully saturated rings. The molecule has 0 rings (SSSR count). The molecule has 0 unspecified atom stereocenters. The first-order valence-corrected chi connectivity index (χ1v) is 3.22. The highest BCUT2D eigenvalue weighted by Crippen LogP contribution is 2.20. The average Bonchev–Trinajstić information content (AvgIpc) is 1.21. The van der Waals surface area contributed by atoms with Gasteiger partial charge < -0.3 is 4.13 Å². The lowest BCUT2D eigenvalue weighted by Crippen LogP contribution is -2.22. The summed E-state index contributed by atoms with van der Waals surface area (Å²) in [7, 11) is 2.99. The maximum Gasteiger partial charge on any atom is 0.207 e. The van der Waals surface area contributed by atoms with Crippen LogP contribution in [-0.4, -0.2) is 19.5 Å². The van der Waals surface area contributed by atoms with E-state index in [0.29, 0.717) is 5.31 Å². The summed E-state index contributed by atoms with van der Waals surface area (Å²) in [5.74, 6) is 0. The molecule has 8 heavy (non-hydrogen) atoms.